The largest absolute Gasteiger partial charge is 0.353 e. The van der Waals surface area contributed by atoms with E-state index in [1.807, 2.05) is 0 Å². The van der Waals surface area contributed by atoms with Gasteiger partial charge in [-0.15, -0.1) is 0 Å². The second kappa shape index (κ2) is 5.43. The Morgan fingerprint density at radius 2 is 2.35 bits per heavy atom. The van der Waals surface area contributed by atoms with Crippen molar-refractivity contribution in [2.75, 3.05) is 23.4 Å². The van der Waals surface area contributed by atoms with Crippen LogP contribution in [0.1, 0.15) is 31.4 Å². The zero-order chi connectivity index (χ0) is 16.7. The number of aromatic nitrogens is 3. The van der Waals surface area contributed by atoms with E-state index in [9.17, 15) is 10.1 Å². The van der Waals surface area contributed by atoms with Crippen LogP contribution in [0.25, 0.3) is 5.65 Å². The SMILES string of the molecule is CCC(C)N1CCc2c(N(C)C(N)=O)nc3c(C#N)cnn3c21. The smallest absolute Gasteiger partial charge is 0.320 e. The molecule has 0 fully saturated rings. The number of carbonyl (C=O) groups is 1. The van der Waals surface area contributed by atoms with Crippen LogP contribution >= 0.6 is 0 Å². The summed E-state index contributed by atoms with van der Waals surface area (Å²) in [6, 6.07) is 1.84. The maximum atomic E-state index is 11.6. The summed E-state index contributed by atoms with van der Waals surface area (Å²) in [7, 11) is 1.59. The Hall–Kier alpha value is -2.82. The molecule has 0 saturated carbocycles. The first-order chi connectivity index (χ1) is 11.0. The third-order valence-electron chi connectivity index (χ3n) is 4.46. The summed E-state index contributed by atoms with van der Waals surface area (Å²) in [5.41, 5.74) is 7.18. The molecule has 0 radical (unpaired) electrons. The van der Waals surface area contributed by atoms with Gasteiger partial charge in [0, 0.05) is 25.2 Å². The minimum absolute atomic E-state index is 0.323. The van der Waals surface area contributed by atoms with E-state index >= 15 is 0 Å². The number of nitrogens with zero attached hydrogens (tertiary/aromatic N) is 6. The average molecular weight is 313 g/mol. The molecule has 2 aromatic heterocycles. The molecular weight excluding hydrogens is 294 g/mol. The zero-order valence-electron chi connectivity index (χ0n) is 13.4. The van der Waals surface area contributed by atoms with Crippen molar-refractivity contribution in [3.05, 3.63) is 17.3 Å². The van der Waals surface area contributed by atoms with Crippen LogP contribution in [-0.4, -0.2) is 40.3 Å². The number of carbonyl (C=O) groups excluding carboxylic acids is 1. The molecule has 1 unspecified atom stereocenters. The number of primary amides is 1. The molecule has 2 aromatic rings. The van der Waals surface area contributed by atoms with E-state index in [2.05, 4.69) is 34.9 Å². The molecule has 1 atom stereocenters. The Labute approximate surface area is 134 Å². The first-order valence-electron chi connectivity index (χ1n) is 7.60. The fourth-order valence-electron chi connectivity index (χ4n) is 2.97. The van der Waals surface area contributed by atoms with E-state index in [0.29, 0.717) is 23.1 Å². The number of anilines is 2. The summed E-state index contributed by atoms with van der Waals surface area (Å²) in [5.74, 6) is 1.40. The van der Waals surface area contributed by atoms with Crippen molar-refractivity contribution >= 4 is 23.3 Å². The lowest BCUT2D eigenvalue weighted by atomic mass is 10.2. The van der Waals surface area contributed by atoms with Crippen LogP contribution in [0.2, 0.25) is 0 Å². The summed E-state index contributed by atoms with van der Waals surface area (Å²) >= 11 is 0. The fraction of sp³-hybridized carbons (Fsp3) is 0.467. The van der Waals surface area contributed by atoms with Crippen LogP contribution in [0.3, 0.4) is 0 Å². The summed E-state index contributed by atoms with van der Waals surface area (Å²) in [6.07, 6.45) is 3.25. The van der Waals surface area contributed by atoms with Crippen LogP contribution in [0, 0.1) is 11.3 Å². The van der Waals surface area contributed by atoms with Gasteiger partial charge in [0.05, 0.1) is 6.20 Å². The van der Waals surface area contributed by atoms with E-state index in [0.717, 1.165) is 30.8 Å². The van der Waals surface area contributed by atoms with Crippen molar-refractivity contribution in [1.29, 1.82) is 5.26 Å². The number of hydrogen-bond donors (Lipinski definition) is 1. The molecule has 23 heavy (non-hydrogen) atoms. The maximum Gasteiger partial charge on any atom is 0.320 e. The molecule has 3 rings (SSSR count). The molecule has 1 aliphatic heterocycles. The summed E-state index contributed by atoms with van der Waals surface area (Å²) in [5, 5.41) is 13.6. The minimum Gasteiger partial charge on any atom is -0.353 e. The van der Waals surface area contributed by atoms with Gasteiger partial charge in [-0.2, -0.15) is 14.9 Å². The highest BCUT2D eigenvalue weighted by molar-refractivity contribution is 5.91. The van der Waals surface area contributed by atoms with Gasteiger partial charge in [-0.3, -0.25) is 4.90 Å². The van der Waals surface area contributed by atoms with Crippen molar-refractivity contribution < 1.29 is 4.79 Å². The molecule has 0 bridgehead atoms. The highest BCUT2D eigenvalue weighted by Crippen LogP contribution is 2.36. The average Bonchev–Trinajstić information content (AvgIpc) is 3.15. The number of hydrogen-bond acceptors (Lipinski definition) is 5. The quantitative estimate of drug-likeness (QED) is 0.919. The van der Waals surface area contributed by atoms with Gasteiger partial charge in [-0.1, -0.05) is 6.92 Å². The van der Waals surface area contributed by atoms with Crippen LogP contribution in [0.5, 0.6) is 0 Å². The van der Waals surface area contributed by atoms with Gasteiger partial charge >= 0.3 is 6.03 Å². The van der Waals surface area contributed by atoms with Crippen molar-refractivity contribution in [2.45, 2.75) is 32.7 Å². The third kappa shape index (κ3) is 2.16. The predicted molar refractivity (Wildman–Crippen MR) is 86.5 cm³/mol. The number of fused-ring (bicyclic) bond motifs is 3. The molecule has 2 N–H and O–H groups in total. The molecular formula is C15H19N7O. The van der Waals surface area contributed by atoms with E-state index in [-0.39, 0.29) is 0 Å². The highest BCUT2D eigenvalue weighted by atomic mass is 16.2. The third-order valence-corrected chi connectivity index (χ3v) is 4.46. The van der Waals surface area contributed by atoms with Crippen LogP contribution in [-0.2, 0) is 6.42 Å². The Morgan fingerprint density at radius 1 is 1.61 bits per heavy atom. The Morgan fingerprint density at radius 3 is 2.96 bits per heavy atom. The molecule has 0 saturated heterocycles. The lowest BCUT2D eigenvalue weighted by Crippen LogP contribution is -2.34. The fourth-order valence-corrected chi connectivity index (χ4v) is 2.97. The number of urea groups is 1. The number of amides is 2. The van der Waals surface area contributed by atoms with Crippen molar-refractivity contribution in [3.8, 4) is 6.07 Å². The molecule has 2 amide bonds. The second-order valence-corrected chi connectivity index (χ2v) is 5.74. The van der Waals surface area contributed by atoms with Gasteiger partial charge in [0.1, 0.15) is 23.3 Å². The lowest BCUT2D eigenvalue weighted by molar-refractivity contribution is 0.255. The van der Waals surface area contributed by atoms with Gasteiger partial charge in [-0.05, 0) is 19.8 Å². The maximum absolute atomic E-state index is 11.6. The summed E-state index contributed by atoms with van der Waals surface area (Å²) in [4.78, 5) is 19.7. The van der Waals surface area contributed by atoms with Crippen LogP contribution < -0.4 is 15.5 Å². The van der Waals surface area contributed by atoms with Crippen LogP contribution in [0.4, 0.5) is 16.4 Å². The van der Waals surface area contributed by atoms with Crippen molar-refractivity contribution in [2.24, 2.45) is 5.73 Å². The molecule has 0 spiro atoms. The van der Waals surface area contributed by atoms with Crippen molar-refractivity contribution in [3.63, 3.8) is 0 Å². The molecule has 8 heteroatoms. The molecule has 120 valence electrons. The van der Waals surface area contributed by atoms with E-state index in [1.165, 1.54) is 11.1 Å². The number of nitriles is 1. The molecule has 0 aromatic carbocycles. The Kier molecular flexibility index (Phi) is 3.56. The first kappa shape index (κ1) is 15.1. The normalized spacial score (nSPS) is 14.6. The highest BCUT2D eigenvalue weighted by Gasteiger charge is 2.32. The van der Waals surface area contributed by atoms with Gasteiger partial charge in [0.25, 0.3) is 0 Å². The summed E-state index contributed by atoms with van der Waals surface area (Å²) < 4.78 is 1.70. The lowest BCUT2D eigenvalue weighted by Gasteiger charge is -2.27. The van der Waals surface area contributed by atoms with Gasteiger partial charge in [-0.25, -0.2) is 9.78 Å². The minimum atomic E-state index is -0.580. The van der Waals surface area contributed by atoms with Gasteiger partial charge in [0.15, 0.2) is 5.65 Å². The Bertz CT molecular complexity index is 819. The standard InChI is InChI=1S/C15H19N7O/c1-4-9(2)21-6-5-11-13(20(3)15(17)23)19-12-10(7-16)8-18-22(12)14(11)21/h8-9H,4-6H2,1-3H3,(H2,17,23). The monoisotopic (exact) mass is 313 g/mol. The predicted octanol–water partition coefficient (Wildman–Crippen LogP) is 1.28. The summed E-state index contributed by atoms with van der Waals surface area (Å²) in [6.45, 7) is 5.10. The second-order valence-electron chi connectivity index (χ2n) is 5.74. The van der Waals surface area contributed by atoms with Gasteiger partial charge < -0.3 is 10.6 Å². The topological polar surface area (TPSA) is 104 Å². The van der Waals surface area contributed by atoms with E-state index < -0.39 is 6.03 Å². The van der Waals surface area contributed by atoms with Crippen molar-refractivity contribution in [1.82, 2.24) is 14.6 Å². The molecule has 3 heterocycles. The van der Waals surface area contributed by atoms with Gasteiger partial charge in [0.2, 0.25) is 0 Å². The molecule has 1 aliphatic rings. The number of rotatable bonds is 3. The molecule has 8 nitrogen and oxygen atoms in total. The van der Waals surface area contributed by atoms with Crippen LogP contribution in [0.15, 0.2) is 6.20 Å². The first-order valence-corrected chi connectivity index (χ1v) is 7.60. The number of nitrogens with two attached hydrogens (primary N) is 1. The van der Waals surface area contributed by atoms with E-state index in [1.54, 1.807) is 11.6 Å². The van der Waals surface area contributed by atoms with E-state index in [4.69, 9.17) is 5.73 Å². The Balaban J connectivity index is 2.31. The zero-order valence-corrected chi connectivity index (χ0v) is 13.4. The molecule has 0 aliphatic carbocycles.